The summed E-state index contributed by atoms with van der Waals surface area (Å²) in [6.45, 7) is 4.05. The second kappa shape index (κ2) is 4.23. The van der Waals surface area contributed by atoms with E-state index in [9.17, 15) is 4.79 Å². The molecule has 0 amide bonds. The van der Waals surface area contributed by atoms with Crippen LogP contribution in [0.25, 0.3) is 0 Å². The van der Waals surface area contributed by atoms with Gasteiger partial charge in [-0.05, 0) is 33.1 Å². The lowest BCUT2D eigenvalue weighted by molar-refractivity contribution is -0.137. The zero-order valence-corrected chi connectivity index (χ0v) is 9.68. The number of nitrogens with zero attached hydrogens (tertiary/aromatic N) is 3. The first-order chi connectivity index (χ1) is 7.58. The molecule has 0 fully saturated rings. The summed E-state index contributed by atoms with van der Waals surface area (Å²) in [5.74, 6) is -0.703. The molecule has 0 aromatic carbocycles. The second-order valence-corrected chi connectivity index (χ2v) is 4.63. The zero-order chi connectivity index (χ0) is 11.7. The third-order valence-corrected chi connectivity index (χ3v) is 2.96. The van der Waals surface area contributed by atoms with Gasteiger partial charge >= 0.3 is 5.97 Å². The molecule has 5 heteroatoms. The van der Waals surface area contributed by atoms with Crippen LogP contribution >= 0.6 is 0 Å². The van der Waals surface area contributed by atoms with Gasteiger partial charge in [-0.1, -0.05) is 0 Å². The van der Waals surface area contributed by atoms with Crippen LogP contribution in [0.1, 0.15) is 56.5 Å². The molecular formula is C11H17N3O2. The van der Waals surface area contributed by atoms with E-state index in [1.54, 1.807) is 4.80 Å². The van der Waals surface area contributed by atoms with Crippen molar-refractivity contribution in [2.45, 2.75) is 51.5 Å². The second-order valence-electron chi connectivity index (χ2n) is 4.63. The highest BCUT2D eigenvalue weighted by molar-refractivity contribution is 5.68. The van der Waals surface area contributed by atoms with Gasteiger partial charge in [-0.3, -0.25) is 4.79 Å². The Hall–Kier alpha value is -1.39. The fourth-order valence-corrected chi connectivity index (χ4v) is 2.15. The summed E-state index contributed by atoms with van der Waals surface area (Å²) in [6, 6.07) is 0.232. The van der Waals surface area contributed by atoms with E-state index in [0.717, 1.165) is 30.7 Å². The van der Waals surface area contributed by atoms with Crippen LogP contribution < -0.4 is 0 Å². The molecule has 0 saturated heterocycles. The van der Waals surface area contributed by atoms with Crippen LogP contribution in [0.4, 0.5) is 0 Å². The van der Waals surface area contributed by atoms with Crippen LogP contribution in [0.3, 0.4) is 0 Å². The SMILES string of the molecule is CC(C)n1nc2c(n1)C(CC(=O)O)CCC2. The van der Waals surface area contributed by atoms with E-state index in [0.29, 0.717) is 0 Å². The van der Waals surface area contributed by atoms with Gasteiger partial charge in [0.05, 0.1) is 23.9 Å². The Balaban J connectivity index is 2.27. The molecule has 5 nitrogen and oxygen atoms in total. The van der Waals surface area contributed by atoms with Crippen molar-refractivity contribution in [3.8, 4) is 0 Å². The number of hydrogen-bond donors (Lipinski definition) is 1. The van der Waals surface area contributed by atoms with Crippen LogP contribution in [0, 0.1) is 0 Å². The molecule has 1 N–H and O–H groups in total. The summed E-state index contributed by atoms with van der Waals surface area (Å²) in [7, 11) is 0. The average Bonchev–Trinajstić information content (AvgIpc) is 2.61. The van der Waals surface area contributed by atoms with Crippen LogP contribution in [0.15, 0.2) is 0 Å². The molecule has 1 aromatic heterocycles. The highest BCUT2D eigenvalue weighted by Gasteiger charge is 2.27. The van der Waals surface area contributed by atoms with Crippen molar-refractivity contribution < 1.29 is 9.90 Å². The Morgan fingerprint density at radius 2 is 2.31 bits per heavy atom. The highest BCUT2D eigenvalue weighted by atomic mass is 16.4. The van der Waals surface area contributed by atoms with Crippen molar-refractivity contribution in [1.82, 2.24) is 15.0 Å². The van der Waals surface area contributed by atoms with E-state index in [4.69, 9.17) is 5.11 Å². The van der Waals surface area contributed by atoms with Gasteiger partial charge in [0, 0.05) is 5.92 Å². The van der Waals surface area contributed by atoms with Gasteiger partial charge in [-0.2, -0.15) is 15.0 Å². The summed E-state index contributed by atoms with van der Waals surface area (Å²) < 4.78 is 0. The maximum Gasteiger partial charge on any atom is 0.304 e. The molecule has 0 radical (unpaired) electrons. The number of hydrogen-bond acceptors (Lipinski definition) is 3. The predicted octanol–water partition coefficient (Wildman–Crippen LogP) is 1.75. The molecule has 0 saturated carbocycles. The average molecular weight is 223 g/mol. The van der Waals surface area contributed by atoms with Gasteiger partial charge in [-0.25, -0.2) is 0 Å². The summed E-state index contributed by atoms with van der Waals surface area (Å²) in [5, 5.41) is 17.7. The topological polar surface area (TPSA) is 68.0 Å². The molecule has 16 heavy (non-hydrogen) atoms. The monoisotopic (exact) mass is 223 g/mol. The molecule has 1 unspecified atom stereocenters. The molecule has 1 aliphatic rings. The van der Waals surface area contributed by atoms with Gasteiger partial charge in [-0.15, -0.1) is 0 Å². The molecule has 0 spiro atoms. The third-order valence-electron chi connectivity index (χ3n) is 2.96. The Morgan fingerprint density at radius 3 is 2.94 bits per heavy atom. The number of aromatic nitrogens is 3. The maximum absolute atomic E-state index is 10.8. The lowest BCUT2D eigenvalue weighted by Gasteiger charge is -2.17. The van der Waals surface area contributed by atoms with E-state index in [2.05, 4.69) is 10.2 Å². The van der Waals surface area contributed by atoms with Crippen molar-refractivity contribution >= 4 is 5.97 Å². The quantitative estimate of drug-likeness (QED) is 0.847. The van der Waals surface area contributed by atoms with Crippen LogP contribution in [0.2, 0.25) is 0 Å². The molecule has 0 aliphatic heterocycles. The van der Waals surface area contributed by atoms with Crippen molar-refractivity contribution in [3.05, 3.63) is 11.4 Å². The largest absolute Gasteiger partial charge is 0.481 e. The summed E-state index contributed by atoms with van der Waals surface area (Å²) in [6.07, 6.45) is 3.03. The van der Waals surface area contributed by atoms with E-state index in [-0.39, 0.29) is 18.4 Å². The number of carboxylic acids is 1. The molecule has 1 heterocycles. The minimum absolute atomic E-state index is 0.0498. The van der Waals surface area contributed by atoms with Crippen molar-refractivity contribution in [3.63, 3.8) is 0 Å². The van der Waals surface area contributed by atoms with Crippen molar-refractivity contribution in [2.24, 2.45) is 0 Å². The van der Waals surface area contributed by atoms with E-state index < -0.39 is 5.97 Å². The minimum Gasteiger partial charge on any atom is -0.481 e. The molecule has 2 rings (SSSR count). The van der Waals surface area contributed by atoms with Crippen LogP contribution in [-0.4, -0.2) is 26.1 Å². The van der Waals surface area contributed by atoms with Gasteiger partial charge in [0.1, 0.15) is 0 Å². The zero-order valence-electron chi connectivity index (χ0n) is 9.68. The van der Waals surface area contributed by atoms with E-state index in [1.165, 1.54) is 0 Å². The van der Waals surface area contributed by atoms with E-state index >= 15 is 0 Å². The number of carbonyl (C=O) groups is 1. The van der Waals surface area contributed by atoms with E-state index in [1.807, 2.05) is 13.8 Å². The molecule has 1 aliphatic carbocycles. The van der Waals surface area contributed by atoms with Gasteiger partial charge in [0.25, 0.3) is 0 Å². The van der Waals surface area contributed by atoms with Crippen LogP contribution in [-0.2, 0) is 11.2 Å². The van der Waals surface area contributed by atoms with Crippen molar-refractivity contribution in [1.29, 1.82) is 0 Å². The molecular weight excluding hydrogens is 206 g/mol. The molecule has 88 valence electrons. The fourth-order valence-electron chi connectivity index (χ4n) is 2.15. The number of aryl methyl sites for hydroxylation is 1. The van der Waals surface area contributed by atoms with Crippen LogP contribution in [0.5, 0.6) is 0 Å². The Bertz CT molecular complexity index is 398. The van der Waals surface area contributed by atoms with Gasteiger partial charge in [0.2, 0.25) is 0 Å². The predicted molar refractivity (Wildman–Crippen MR) is 58.3 cm³/mol. The Morgan fingerprint density at radius 1 is 1.56 bits per heavy atom. The normalized spacial score (nSPS) is 19.8. The molecule has 1 atom stereocenters. The number of fused-ring (bicyclic) bond motifs is 1. The summed E-state index contributed by atoms with van der Waals surface area (Å²) >= 11 is 0. The first-order valence-electron chi connectivity index (χ1n) is 5.75. The number of carboxylic acid groups (broad SMARTS) is 1. The number of rotatable bonds is 3. The summed E-state index contributed by atoms with van der Waals surface area (Å²) in [4.78, 5) is 12.5. The highest BCUT2D eigenvalue weighted by Crippen LogP contribution is 2.31. The lowest BCUT2D eigenvalue weighted by atomic mass is 9.88. The first-order valence-corrected chi connectivity index (χ1v) is 5.75. The standard InChI is InChI=1S/C11H17N3O2/c1-7(2)14-12-9-5-3-4-8(6-10(15)16)11(9)13-14/h7-8H,3-6H2,1-2H3,(H,15,16). The fraction of sp³-hybridized carbons (Fsp3) is 0.727. The molecule has 0 bridgehead atoms. The smallest absolute Gasteiger partial charge is 0.304 e. The number of aliphatic carboxylic acids is 1. The maximum atomic E-state index is 10.8. The first kappa shape index (κ1) is 11.1. The van der Waals surface area contributed by atoms with Gasteiger partial charge < -0.3 is 5.11 Å². The Kier molecular flexibility index (Phi) is 2.94. The third kappa shape index (κ3) is 2.08. The Labute approximate surface area is 94.5 Å². The minimum atomic E-state index is -0.753. The molecule has 1 aromatic rings. The van der Waals surface area contributed by atoms with Crippen molar-refractivity contribution in [2.75, 3.05) is 0 Å². The van der Waals surface area contributed by atoms with Gasteiger partial charge in [0.15, 0.2) is 0 Å². The lowest BCUT2D eigenvalue weighted by Crippen LogP contribution is -2.13. The summed E-state index contributed by atoms with van der Waals surface area (Å²) in [5.41, 5.74) is 1.90.